The lowest BCUT2D eigenvalue weighted by molar-refractivity contribution is -0.235. The SMILES string of the molecule is CC(C)C1=C2[C@H]3CC[C@@H]4[C@@]5(C)CC[C@H](OC(=O)CC(C)(C)C(=O)O)C(C)(C)[C@@H]5CC[C@@]4(C)[C@]3(C)CC[C@@]2([C@@H](O)CNC2CCCC2)CC1=O. The maximum absolute atomic E-state index is 14.0. The lowest BCUT2D eigenvalue weighted by Gasteiger charge is -2.72. The largest absolute Gasteiger partial charge is 0.481 e. The fraction of sp³-hybridized carbons (Fsp3) is 0.881. The average molecular weight is 682 g/mol. The maximum atomic E-state index is 14.0. The number of rotatable bonds is 9. The van der Waals surface area contributed by atoms with Crippen molar-refractivity contribution in [3.63, 3.8) is 0 Å². The lowest BCUT2D eigenvalue weighted by atomic mass is 9.33. The molecular weight excluding hydrogens is 614 g/mol. The minimum absolute atomic E-state index is 0.0297. The minimum Gasteiger partial charge on any atom is -0.481 e. The molecular formula is C42H67NO6. The molecule has 5 saturated carbocycles. The van der Waals surface area contributed by atoms with Gasteiger partial charge in [0.2, 0.25) is 0 Å². The van der Waals surface area contributed by atoms with E-state index in [1.54, 1.807) is 13.8 Å². The third-order valence-corrected chi connectivity index (χ3v) is 16.5. The van der Waals surface area contributed by atoms with Crippen molar-refractivity contribution < 1.29 is 29.3 Å². The Bertz CT molecular complexity index is 1370. The molecule has 7 heteroatoms. The van der Waals surface area contributed by atoms with Crippen LogP contribution in [0.15, 0.2) is 11.1 Å². The topological polar surface area (TPSA) is 113 Å². The number of ether oxygens (including phenoxy) is 1. The van der Waals surface area contributed by atoms with Crippen LogP contribution in [0.3, 0.4) is 0 Å². The van der Waals surface area contributed by atoms with Crippen molar-refractivity contribution in [3.8, 4) is 0 Å². The van der Waals surface area contributed by atoms with Crippen LogP contribution in [-0.4, -0.2) is 52.7 Å². The standard InChI is InChI=1S/C42H67NO6/c1-25(2)34-28(44)22-42(31(45)24-43-26-12-10-11-13-26)21-20-40(8)27(35(34)42)14-15-30-39(7)18-17-32(49-33(46)23-37(3,4)36(47)48)38(5,6)29(39)16-19-41(30,40)9/h25-27,29-32,43,45H,10-24H2,1-9H3,(H,47,48)/t27-,29+,30-,31+,32+,39+,40-,41-,42+/m1/s1. The van der Waals surface area contributed by atoms with Crippen LogP contribution in [-0.2, 0) is 19.1 Å². The summed E-state index contributed by atoms with van der Waals surface area (Å²) in [6.45, 7) is 20.3. The quantitative estimate of drug-likeness (QED) is 0.210. The highest BCUT2D eigenvalue weighted by molar-refractivity contribution is 6.00. The molecule has 0 bridgehead atoms. The fourth-order valence-corrected chi connectivity index (χ4v) is 13.5. The van der Waals surface area contributed by atoms with Crippen LogP contribution < -0.4 is 5.32 Å². The average Bonchev–Trinajstić information content (AvgIpc) is 3.63. The van der Waals surface area contributed by atoms with E-state index < -0.39 is 28.9 Å². The Morgan fingerprint density at radius 3 is 2.20 bits per heavy atom. The summed E-state index contributed by atoms with van der Waals surface area (Å²) < 4.78 is 6.16. The van der Waals surface area contributed by atoms with Gasteiger partial charge in [0.25, 0.3) is 0 Å². The van der Waals surface area contributed by atoms with E-state index in [2.05, 4.69) is 53.8 Å². The first-order chi connectivity index (χ1) is 22.7. The molecule has 0 saturated heterocycles. The number of esters is 1. The monoisotopic (exact) mass is 681 g/mol. The molecule has 5 fully saturated rings. The molecule has 0 aliphatic heterocycles. The van der Waals surface area contributed by atoms with E-state index >= 15 is 0 Å². The second-order valence-electron chi connectivity index (χ2n) is 20.0. The number of hydrogen-bond acceptors (Lipinski definition) is 6. The van der Waals surface area contributed by atoms with Crippen LogP contribution in [0.5, 0.6) is 0 Å². The summed E-state index contributed by atoms with van der Waals surface area (Å²) in [5.41, 5.74) is 0.762. The van der Waals surface area contributed by atoms with Crippen LogP contribution in [0.1, 0.15) is 152 Å². The van der Waals surface area contributed by atoms with Gasteiger partial charge in [0, 0.05) is 29.8 Å². The zero-order valence-corrected chi connectivity index (χ0v) is 32.2. The third kappa shape index (κ3) is 5.60. The number of aliphatic hydroxyl groups is 1. The molecule has 0 aromatic heterocycles. The second-order valence-corrected chi connectivity index (χ2v) is 20.0. The number of Topliss-reactive ketones (excluding diaryl/α,β-unsaturated/α-hetero) is 1. The molecule has 9 atom stereocenters. The van der Waals surface area contributed by atoms with Crippen molar-refractivity contribution in [2.75, 3.05) is 6.54 Å². The van der Waals surface area contributed by atoms with Gasteiger partial charge in [-0.25, -0.2) is 0 Å². The first-order valence-electron chi connectivity index (χ1n) is 19.9. The number of carboxylic acids is 1. The summed E-state index contributed by atoms with van der Waals surface area (Å²) in [5.74, 6) is 0.248. The Labute approximate surface area is 296 Å². The van der Waals surface area contributed by atoms with Crippen LogP contribution in [0.2, 0.25) is 0 Å². The highest BCUT2D eigenvalue weighted by Crippen LogP contribution is 2.77. The van der Waals surface area contributed by atoms with Crippen LogP contribution in [0, 0.1) is 56.2 Å². The van der Waals surface area contributed by atoms with Crippen molar-refractivity contribution >= 4 is 17.7 Å². The van der Waals surface area contributed by atoms with E-state index in [4.69, 9.17) is 4.74 Å². The van der Waals surface area contributed by atoms with Crippen molar-refractivity contribution in [1.82, 2.24) is 5.32 Å². The van der Waals surface area contributed by atoms with Gasteiger partial charge >= 0.3 is 11.9 Å². The summed E-state index contributed by atoms with van der Waals surface area (Å²) in [6.07, 6.45) is 12.5. The van der Waals surface area contributed by atoms with Crippen molar-refractivity contribution in [1.29, 1.82) is 0 Å². The van der Waals surface area contributed by atoms with Gasteiger partial charge in [-0.1, -0.05) is 66.9 Å². The number of allylic oxidation sites excluding steroid dienone is 1. The molecule has 0 aromatic rings. The summed E-state index contributed by atoms with van der Waals surface area (Å²) in [7, 11) is 0. The van der Waals surface area contributed by atoms with Gasteiger partial charge in [-0.15, -0.1) is 0 Å². The molecule has 49 heavy (non-hydrogen) atoms. The number of carbonyl (C=O) groups excluding carboxylic acids is 2. The van der Waals surface area contributed by atoms with Crippen molar-refractivity contribution in [2.24, 2.45) is 56.2 Å². The van der Waals surface area contributed by atoms with E-state index in [1.165, 1.54) is 31.3 Å². The normalized spacial score (nSPS) is 41.2. The van der Waals surface area contributed by atoms with Crippen LogP contribution >= 0.6 is 0 Å². The van der Waals surface area contributed by atoms with Gasteiger partial charge in [-0.2, -0.15) is 0 Å². The first-order valence-corrected chi connectivity index (χ1v) is 19.9. The maximum Gasteiger partial charge on any atom is 0.309 e. The summed E-state index contributed by atoms with van der Waals surface area (Å²) in [4.78, 5) is 38.8. The Kier molecular flexibility index (Phi) is 9.41. The number of carboxylic acid groups (broad SMARTS) is 1. The van der Waals surface area contributed by atoms with Crippen LogP contribution in [0.25, 0.3) is 0 Å². The highest BCUT2D eigenvalue weighted by atomic mass is 16.5. The zero-order chi connectivity index (χ0) is 35.9. The number of ketones is 1. The second kappa shape index (κ2) is 12.5. The Balaban J connectivity index is 1.28. The third-order valence-electron chi connectivity index (χ3n) is 16.5. The first kappa shape index (κ1) is 37.0. The molecule has 0 aromatic carbocycles. The van der Waals surface area contributed by atoms with E-state index in [9.17, 15) is 24.6 Å². The van der Waals surface area contributed by atoms with E-state index in [0.717, 1.165) is 56.9 Å². The molecule has 6 aliphatic carbocycles. The molecule has 6 aliphatic rings. The van der Waals surface area contributed by atoms with Gasteiger partial charge in [0.15, 0.2) is 5.78 Å². The number of aliphatic carboxylic acids is 1. The van der Waals surface area contributed by atoms with Gasteiger partial charge in [0.1, 0.15) is 6.10 Å². The van der Waals surface area contributed by atoms with Gasteiger partial charge in [0.05, 0.1) is 17.9 Å². The summed E-state index contributed by atoms with van der Waals surface area (Å²) in [6, 6.07) is 0.485. The molecule has 0 spiro atoms. The summed E-state index contributed by atoms with van der Waals surface area (Å²) in [5, 5.41) is 25.4. The Morgan fingerprint density at radius 1 is 0.898 bits per heavy atom. The number of fused-ring (bicyclic) bond motifs is 7. The van der Waals surface area contributed by atoms with Crippen molar-refractivity contribution in [3.05, 3.63) is 11.1 Å². The molecule has 0 amide bonds. The van der Waals surface area contributed by atoms with E-state index in [-0.39, 0.29) is 45.9 Å². The highest BCUT2D eigenvalue weighted by Gasteiger charge is 2.70. The number of hydrogen-bond donors (Lipinski definition) is 3. The molecule has 0 heterocycles. The van der Waals surface area contributed by atoms with Gasteiger partial charge in [-0.05, 0) is 124 Å². The Hall–Kier alpha value is -1.73. The van der Waals surface area contributed by atoms with Crippen molar-refractivity contribution in [2.45, 2.75) is 170 Å². The minimum atomic E-state index is -1.15. The Morgan fingerprint density at radius 2 is 1.57 bits per heavy atom. The molecule has 7 nitrogen and oxygen atoms in total. The number of aliphatic hydroxyl groups excluding tert-OH is 1. The number of carbonyl (C=O) groups is 3. The fourth-order valence-electron chi connectivity index (χ4n) is 13.5. The molecule has 0 unspecified atom stereocenters. The van der Waals surface area contributed by atoms with E-state index in [1.807, 2.05) is 0 Å². The molecule has 276 valence electrons. The smallest absolute Gasteiger partial charge is 0.309 e. The summed E-state index contributed by atoms with van der Waals surface area (Å²) >= 11 is 0. The van der Waals surface area contributed by atoms with Gasteiger partial charge in [-0.3, -0.25) is 14.4 Å². The zero-order valence-electron chi connectivity index (χ0n) is 32.2. The van der Waals surface area contributed by atoms with Gasteiger partial charge < -0.3 is 20.3 Å². The molecule has 0 radical (unpaired) electrons. The lowest BCUT2D eigenvalue weighted by Crippen LogP contribution is -2.66. The van der Waals surface area contributed by atoms with E-state index in [0.29, 0.717) is 36.8 Å². The number of nitrogens with one attached hydrogen (secondary N) is 1. The predicted molar refractivity (Wildman–Crippen MR) is 192 cm³/mol. The predicted octanol–water partition coefficient (Wildman–Crippen LogP) is 8.27. The molecule has 6 rings (SSSR count). The van der Waals surface area contributed by atoms with Crippen LogP contribution in [0.4, 0.5) is 0 Å². The molecule has 3 N–H and O–H groups in total.